The smallest absolute Gasteiger partial charge is 0.262 e. The van der Waals surface area contributed by atoms with E-state index >= 15 is 0 Å². The Morgan fingerprint density at radius 3 is 2.41 bits per heavy atom. The molecule has 146 valence electrons. The molecule has 1 saturated heterocycles. The molecule has 3 amide bonds. The molecule has 2 aliphatic rings. The number of benzene rings is 2. The lowest BCUT2D eigenvalue weighted by Crippen LogP contribution is -2.45. The third kappa shape index (κ3) is 3.02. The zero-order valence-electron chi connectivity index (χ0n) is 15.7. The maximum atomic E-state index is 13.2. The van der Waals surface area contributed by atoms with Gasteiger partial charge in [-0.3, -0.25) is 19.3 Å². The summed E-state index contributed by atoms with van der Waals surface area (Å²) < 4.78 is 1.10. The van der Waals surface area contributed by atoms with Gasteiger partial charge in [0, 0.05) is 6.54 Å². The van der Waals surface area contributed by atoms with Gasteiger partial charge in [0.2, 0.25) is 5.91 Å². The van der Waals surface area contributed by atoms with E-state index in [1.165, 1.54) is 0 Å². The molecule has 5 rings (SSSR count). The van der Waals surface area contributed by atoms with Gasteiger partial charge in [-0.25, -0.2) is 4.98 Å². The summed E-state index contributed by atoms with van der Waals surface area (Å²) in [4.78, 5) is 46.0. The van der Waals surface area contributed by atoms with Crippen LogP contribution in [0.4, 0.5) is 0 Å². The average Bonchev–Trinajstić information content (AvgIpc) is 3.29. The Morgan fingerprint density at radius 2 is 1.69 bits per heavy atom. The number of nitrogens with zero attached hydrogens (tertiary/aromatic N) is 3. The van der Waals surface area contributed by atoms with Gasteiger partial charge in [0.15, 0.2) is 0 Å². The van der Waals surface area contributed by atoms with E-state index in [0.717, 1.165) is 39.4 Å². The number of imide groups is 1. The second-order valence-corrected chi connectivity index (χ2v) is 8.42. The van der Waals surface area contributed by atoms with Crippen LogP contribution in [0.25, 0.3) is 10.2 Å². The van der Waals surface area contributed by atoms with Crippen LogP contribution >= 0.6 is 11.3 Å². The van der Waals surface area contributed by atoms with Crippen LogP contribution in [0.3, 0.4) is 0 Å². The minimum absolute atomic E-state index is 0.108. The minimum Gasteiger partial charge on any atom is -0.332 e. The molecule has 29 heavy (non-hydrogen) atoms. The van der Waals surface area contributed by atoms with E-state index in [2.05, 4.69) is 0 Å². The lowest BCUT2D eigenvalue weighted by Gasteiger charge is -2.35. The highest BCUT2D eigenvalue weighted by atomic mass is 32.1. The molecule has 0 bridgehead atoms. The van der Waals surface area contributed by atoms with Gasteiger partial charge in [-0.15, -0.1) is 11.3 Å². The van der Waals surface area contributed by atoms with Gasteiger partial charge in [0.1, 0.15) is 11.6 Å². The van der Waals surface area contributed by atoms with Crippen molar-refractivity contribution in [2.24, 2.45) is 0 Å². The van der Waals surface area contributed by atoms with Crippen LogP contribution in [-0.4, -0.2) is 45.6 Å². The molecule has 1 fully saturated rings. The van der Waals surface area contributed by atoms with Crippen molar-refractivity contribution in [3.63, 3.8) is 0 Å². The molecule has 2 aromatic carbocycles. The van der Waals surface area contributed by atoms with Crippen LogP contribution in [0.1, 0.15) is 51.0 Å². The molecule has 7 heteroatoms. The molecule has 1 unspecified atom stereocenters. The van der Waals surface area contributed by atoms with Crippen molar-refractivity contribution >= 4 is 39.3 Å². The fourth-order valence-electron chi connectivity index (χ4n) is 4.13. The number of carbonyl (C=O) groups excluding carboxylic acids is 3. The summed E-state index contributed by atoms with van der Waals surface area (Å²) in [5.74, 6) is -0.997. The van der Waals surface area contributed by atoms with Crippen molar-refractivity contribution in [2.45, 2.75) is 25.3 Å². The summed E-state index contributed by atoms with van der Waals surface area (Å²) in [7, 11) is 0. The number of likely N-dealkylation sites (tertiary alicyclic amines) is 1. The molecular weight excluding hydrogens is 386 g/mol. The minimum atomic E-state index is -0.396. The van der Waals surface area contributed by atoms with Gasteiger partial charge in [0.05, 0.1) is 27.4 Å². The van der Waals surface area contributed by atoms with Crippen LogP contribution < -0.4 is 0 Å². The first-order chi connectivity index (χ1) is 14.1. The Kier molecular flexibility index (Phi) is 4.39. The zero-order chi connectivity index (χ0) is 20.0. The standard InChI is InChI=1S/C22H19N3O3S/c26-19(13-25-21(27)14-7-1-2-8-15(14)22(25)28)24-12-6-5-10-17(24)20-23-16-9-3-4-11-18(16)29-20/h1-4,7-9,11,17H,5-6,10,12-13H2. The Labute approximate surface area is 171 Å². The van der Waals surface area contributed by atoms with E-state index in [1.54, 1.807) is 40.5 Å². The third-order valence-corrected chi connectivity index (χ3v) is 6.73. The summed E-state index contributed by atoms with van der Waals surface area (Å²) in [6, 6.07) is 14.5. The zero-order valence-corrected chi connectivity index (χ0v) is 16.5. The second kappa shape index (κ2) is 7.08. The number of hydrogen-bond donors (Lipinski definition) is 0. The number of hydrogen-bond acceptors (Lipinski definition) is 5. The first-order valence-electron chi connectivity index (χ1n) is 9.73. The Bertz CT molecular complexity index is 1070. The van der Waals surface area contributed by atoms with Crippen molar-refractivity contribution in [2.75, 3.05) is 13.1 Å². The summed E-state index contributed by atoms with van der Waals surface area (Å²) in [5.41, 5.74) is 1.67. The van der Waals surface area contributed by atoms with Crippen molar-refractivity contribution in [1.82, 2.24) is 14.8 Å². The van der Waals surface area contributed by atoms with E-state index in [4.69, 9.17) is 4.98 Å². The van der Waals surface area contributed by atoms with E-state index < -0.39 is 11.8 Å². The summed E-state index contributed by atoms with van der Waals surface area (Å²) >= 11 is 1.61. The van der Waals surface area contributed by atoms with Gasteiger partial charge in [-0.05, 0) is 43.5 Å². The molecule has 3 heterocycles. The number of carbonyl (C=O) groups is 3. The number of piperidine rings is 1. The van der Waals surface area contributed by atoms with Crippen LogP contribution in [0, 0.1) is 0 Å². The quantitative estimate of drug-likeness (QED) is 0.624. The second-order valence-electron chi connectivity index (χ2n) is 7.36. The highest BCUT2D eigenvalue weighted by Gasteiger charge is 2.39. The van der Waals surface area contributed by atoms with Gasteiger partial charge in [0.25, 0.3) is 11.8 Å². The predicted molar refractivity (Wildman–Crippen MR) is 110 cm³/mol. The molecule has 1 aromatic heterocycles. The number of thiazole rings is 1. The van der Waals surface area contributed by atoms with Gasteiger partial charge in [-0.1, -0.05) is 24.3 Å². The monoisotopic (exact) mass is 405 g/mol. The first kappa shape index (κ1) is 18.0. The molecule has 1 atom stereocenters. The van der Waals surface area contributed by atoms with E-state index in [1.807, 2.05) is 24.3 Å². The Morgan fingerprint density at radius 1 is 1.00 bits per heavy atom. The maximum absolute atomic E-state index is 13.2. The highest BCUT2D eigenvalue weighted by Crippen LogP contribution is 2.36. The average molecular weight is 405 g/mol. The fraction of sp³-hybridized carbons (Fsp3) is 0.273. The lowest BCUT2D eigenvalue weighted by atomic mass is 10.0. The van der Waals surface area contributed by atoms with Crippen molar-refractivity contribution in [1.29, 1.82) is 0 Å². The van der Waals surface area contributed by atoms with Crippen LogP contribution in [-0.2, 0) is 4.79 Å². The molecule has 0 N–H and O–H groups in total. The number of para-hydroxylation sites is 1. The molecular formula is C22H19N3O3S. The molecule has 0 aliphatic carbocycles. The number of rotatable bonds is 3. The molecule has 0 radical (unpaired) electrons. The first-order valence-corrected chi connectivity index (χ1v) is 10.6. The third-order valence-electron chi connectivity index (χ3n) is 5.59. The van der Waals surface area contributed by atoms with E-state index in [0.29, 0.717) is 17.7 Å². The van der Waals surface area contributed by atoms with Crippen LogP contribution in [0.5, 0.6) is 0 Å². The SMILES string of the molecule is O=C1c2ccccc2C(=O)N1CC(=O)N1CCCCC1c1nc2ccccc2s1. The Balaban J connectivity index is 1.39. The molecule has 0 spiro atoms. The predicted octanol–water partition coefficient (Wildman–Crippen LogP) is 3.65. The number of fused-ring (bicyclic) bond motifs is 2. The van der Waals surface area contributed by atoms with Crippen LogP contribution in [0.15, 0.2) is 48.5 Å². The maximum Gasteiger partial charge on any atom is 0.262 e. The number of amides is 3. The van der Waals surface area contributed by atoms with Crippen LogP contribution in [0.2, 0.25) is 0 Å². The highest BCUT2D eigenvalue weighted by molar-refractivity contribution is 7.18. The van der Waals surface area contributed by atoms with Gasteiger partial charge >= 0.3 is 0 Å². The van der Waals surface area contributed by atoms with Gasteiger partial charge in [-0.2, -0.15) is 0 Å². The molecule has 2 aliphatic heterocycles. The topological polar surface area (TPSA) is 70.6 Å². The summed E-state index contributed by atoms with van der Waals surface area (Å²) in [6.07, 6.45) is 2.78. The van der Waals surface area contributed by atoms with Gasteiger partial charge < -0.3 is 4.90 Å². The fourth-order valence-corrected chi connectivity index (χ4v) is 5.24. The van der Waals surface area contributed by atoms with E-state index in [9.17, 15) is 14.4 Å². The number of aromatic nitrogens is 1. The summed E-state index contributed by atoms with van der Waals surface area (Å²) in [6.45, 7) is 0.385. The largest absolute Gasteiger partial charge is 0.332 e. The van der Waals surface area contributed by atoms with Crippen molar-refractivity contribution in [3.8, 4) is 0 Å². The lowest BCUT2D eigenvalue weighted by molar-refractivity contribution is -0.135. The molecule has 6 nitrogen and oxygen atoms in total. The normalized spacial score (nSPS) is 19.1. The molecule has 0 saturated carbocycles. The van der Waals surface area contributed by atoms with Crippen molar-refractivity contribution < 1.29 is 14.4 Å². The molecule has 3 aromatic rings. The summed E-state index contributed by atoms with van der Waals surface area (Å²) in [5, 5.41) is 0.918. The van der Waals surface area contributed by atoms with Crippen molar-refractivity contribution in [3.05, 3.63) is 64.7 Å². The van der Waals surface area contributed by atoms with E-state index in [-0.39, 0.29) is 18.5 Å². The Hall–Kier alpha value is -3.06.